The molecule has 1 aliphatic rings. The van der Waals surface area contributed by atoms with Crippen molar-refractivity contribution in [2.24, 2.45) is 5.73 Å². The number of fused-ring (bicyclic) bond motifs is 1. The van der Waals surface area contributed by atoms with Crippen LogP contribution >= 0.6 is 0 Å². The fourth-order valence-corrected chi connectivity index (χ4v) is 1.67. The highest BCUT2D eigenvalue weighted by Crippen LogP contribution is 2.23. The number of alkyl halides is 1. The van der Waals surface area contributed by atoms with Crippen molar-refractivity contribution >= 4 is 5.97 Å². The van der Waals surface area contributed by atoms with Gasteiger partial charge in [-0.05, 0) is 0 Å². The Morgan fingerprint density at radius 1 is 1.86 bits per heavy atom. The summed E-state index contributed by atoms with van der Waals surface area (Å²) < 4.78 is 14.6. The number of carboxylic acids is 1. The van der Waals surface area contributed by atoms with Crippen LogP contribution in [-0.4, -0.2) is 26.8 Å². The molecule has 3 N–H and O–H groups in total. The highest BCUT2D eigenvalue weighted by Gasteiger charge is 2.29. The Morgan fingerprint density at radius 2 is 2.57 bits per heavy atom. The third-order valence-electron chi connectivity index (χ3n) is 2.35. The summed E-state index contributed by atoms with van der Waals surface area (Å²) in [7, 11) is 0. The molecule has 14 heavy (non-hydrogen) atoms. The van der Waals surface area contributed by atoms with Crippen LogP contribution in [0.4, 0.5) is 4.39 Å². The Balaban J connectivity index is 2.33. The van der Waals surface area contributed by atoms with Crippen LogP contribution < -0.4 is 5.73 Å². The summed E-state index contributed by atoms with van der Waals surface area (Å²) in [6, 6.07) is -1.16. The van der Waals surface area contributed by atoms with Crippen LogP contribution in [-0.2, 0) is 17.8 Å². The molecule has 76 valence electrons. The van der Waals surface area contributed by atoms with Crippen molar-refractivity contribution < 1.29 is 14.3 Å². The molecule has 0 radical (unpaired) electrons. The molecule has 5 nitrogen and oxygen atoms in total. The number of hydrogen-bond donors (Lipinski definition) is 2. The fraction of sp³-hybridized carbons (Fsp3) is 0.500. The standard InChI is InChI=1S/C8H10FN3O2/c9-4-1-5-7(6(10)8(13)14)11-3-12(5)2-4/h3-4,6H,1-2,10H2,(H,13,14)/t4-,6?/m1/s1. The van der Waals surface area contributed by atoms with Crippen LogP contribution in [0.3, 0.4) is 0 Å². The fourth-order valence-electron chi connectivity index (χ4n) is 1.67. The minimum Gasteiger partial charge on any atom is -0.480 e. The monoisotopic (exact) mass is 199 g/mol. The summed E-state index contributed by atoms with van der Waals surface area (Å²) in [6.07, 6.45) is 0.691. The lowest BCUT2D eigenvalue weighted by atomic mass is 10.1. The van der Waals surface area contributed by atoms with E-state index in [2.05, 4.69) is 4.98 Å². The molecule has 0 saturated carbocycles. The van der Waals surface area contributed by atoms with Crippen molar-refractivity contribution in [3.63, 3.8) is 0 Å². The Morgan fingerprint density at radius 3 is 3.21 bits per heavy atom. The van der Waals surface area contributed by atoms with Crippen molar-refractivity contribution in [1.29, 1.82) is 0 Å². The number of halogens is 1. The largest absolute Gasteiger partial charge is 0.480 e. The van der Waals surface area contributed by atoms with Crippen LogP contribution in [0, 0.1) is 0 Å². The maximum absolute atomic E-state index is 13.0. The van der Waals surface area contributed by atoms with E-state index in [4.69, 9.17) is 10.8 Å². The van der Waals surface area contributed by atoms with Crippen molar-refractivity contribution in [3.8, 4) is 0 Å². The Hall–Kier alpha value is -1.43. The van der Waals surface area contributed by atoms with Crippen LogP contribution in [0.5, 0.6) is 0 Å². The molecule has 1 unspecified atom stereocenters. The van der Waals surface area contributed by atoms with E-state index in [0.29, 0.717) is 5.69 Å². The van der Waals surface area contributed by atoms with Crippen molar-refractivity contribution in [1.82, 2.24) is 9.55 Å². The highest BCUT2D eigenvalue weighted by molar-refractivity contribution is 5.74. The molecule has 2 heterocycles. The van der Waals surface area contributed by atoms with Gasteiger partial charge in [-0.1, -0.05) is 0 Å². The van der Waals surface area contributed by atoms with Gasteiger partial charge in [0.25, 0.3) is 0 Å². The molecule has 1 aromatic rings. The topological polar surface area (TPSA) is 81.1 Å². The normalized spacial score (nSPS) is 22.0. The molecule has 0 spiro atoms. The lowest BCUT2D eigenvalue weighted by molar-refractivity contribution is -0.138. The third-order valence-corrected chi connectivity index (χ3v) is 2.35. The second kappa shape index (κ2) is 3.06. The first-order chi connectivity index (χ1) is 6.59. The van der Waals surface area contributed by atoms with E-state index in [9.17, 15) is 9.18 Å². The number of rotatable bonds is 2. The van der Waals surface area contributed by atoms with Crippen molar-refractivity contribution in [3.05, 3.63) is 17.7 Å². The molecule has 1 aliphatic heterocycles. The number of carboxylic acid groups (broad SMARTS) is 1. The van der Waals surface area contributed by atoms with Crippen LogP contribution in [0.15, 0.2) is 6.33 Å². The predicted octanol–water partition coefficient (Wildman–Crippen LogP) is -0.138. The summed E-state index contributed by atoms with van der Waals surface area (Å²) in [6.45, 7) is 0.245. The van der Waals surface area contributed by atoms with E-state index < -0.39 is 18.2 Å². The van der Waals surface area contributed by atoms with Crippen LogP contribution in [0.2, 0.25) is 0 Å². The van der Waals surface area contributed by atoms with Gasteiger partial charge in [0.2, 0.25) is 0 Å². The van der Waals surface area contributed by atoms with E-state index in [0.717, 1.165) is 0 Å². The molecule has 2 rings (SSSR count). The average molecular weight is 199 g/mol. The quantitative estimate of drug-likeness (QED) is 0.694. The summed E-state index contributed by atoms with van der Waals surface area (Å²) >= 11 is 0. The molecule has 1 aromatic heterocycles. The Labute approximate surface area is 79.4 Å². The van der Waals surface area contributed by atoms with Gasteiger partial charge in [0.05, 0.1) is 18.6 Å². The lowest BCUT2D eigenvalue weighted by Crippen LogP contribution is -2.22. The Kier molecular flexibility index (Phi) is 1.99. The molecule has 6 heteroatoms. The predicted molar refractivity (Wildman–Crippen MR) is 45.4 cm³/mol. The molecule has 0 bridgehead atoms. The van der Waals surface area contributed by atoms with Gasteiger partial charge in [-0.3, -0.25) is 4.79 Å². The molecule has 0 aromatic carbocycles. The second-order valence-electron chi connectivity index (χ2n) is 3.35. The highest BCUT2D eigenvalue weighted by atomic mass is 19.1. The molecule has 0 fully saturated rings. The lowest BCUT2D eigenvalue weighted by Gasteiger charge is -2.04. The zero-order valence-corrected chi connectivity index (χ0v) is 7.35. The summed E-state index contributed by atoms with van der Waals surface area (Å²) in [5.41, 5.74) is 6.28. The number of aromatic nitrogens is 2. The van der Waals surface area contributed by atoms with Gasteiger partial charge >= 0.3 is 5.97 Å². The van der Waals surface area contributed by atoms with Crippen LogP contribution in [0.25, 0.3) is 0 Å². The zero-order chi connectivity index (χ0) is 10.3. The first kappa shape index (κ1) is 9.14. The van der Waals surface area contributed by atoms with E-state index in [1.54, 1.807) is 4.57 Å². The van der Waals surface area contributed by atoms with Crippen LogP contribution in [0.1, 0.15) is 17.4 Å². The minimum atomic E-state index is -1.16. The maximum Gasteiger partial charge on any atom is 0.326 e. The number of nitrogens with two attached hydrogens (primary N) is 1. The van der Waals surface area contributed by atoms with Gasteiger partial charge in [0, 0.05) is 12.1 Å². The SMILES string of the molecule is NC(C(=O)O)c1ncn2c1C[C@@H](F)C2. The minimum absolute atomic E-state index is 0.205. The van der Waals surface area contributed by atoms with E-state index in [1.165, 1.54) is 6.33 Å². The number of imidazole rings is 1. The average Bonchev–Trinajstić information content (AvgIpc) is 2.61. The van der Waals surface area contributed by atoms with Gasteiger partial charge in [-0.2, -0.15) is 0 Å². The summed E-state index contributed by atoms with van der Waals surface area (Å²) in [5.74, 6) is -1.14. The van der Waals surface area contributed by atoms with E-state index in [1.807, 2.05) is 0 Å². The third kappa shape index (κ3) is 1.27. The van der Waals surface area contributed by atoms with Crippen molar-refractivity contribution in [2.45, 2.75) is 25.2 Å². The summed E-state index contributed by atoms with van der Waals surface area (Å²) in [5, 5.41) is 8.68. The smallest absolute Gasteiger partial charge is 0.326 e. The molecule has 0 amide bonds. The van der Waals surface area contributed by atoms with Gasteiger partial charge in [0.1, 0.15) is 12.2 Å². The van der Waals surface area contributed by atoms with Gasteiger partial charge in [-0.25, -0.2) is 9.37 Å². The van der Waals surface area contributed by atoms with Gasteiger partial charge in [-0.15, -0.1) is 0 Å². The number of nitrogens with zero attached hydrogens (tertiary/aromatic N) is 2. The number of hydrogen-bond acceptors (Lipinski definition) is 3. The molecular weight excluding hydrogens is 189 g/mol. The second-order valence-corrected chi connectivity index (χ2v) is 3.35. The first-order valence-electron chi connectivity index (χ1n) is 4.26. The molecule has 2 atom stereocenters. The molecule has 0 aliphatic carbocycles. The van der Waals surface area contributed by atoms with E-state index in [-0.39, 0.29) is 18.7 Å². The summed E-state index contributed by atoms with van der Waals surface area (Å²) in [4.78, 5) is 14.5. The first-order valence-corrected chi connectivity index (χ1v) is 4.26. The van der Waals surface area contributed by atoms with Gasteiger partial charge < -0.3 is 15.4 Å². The number of aliphatic carboxylic acids is 1. The number of carbonyl (C=O) groups is 1. The van der Waals surface area contributed by atoms with Crippen molar-refractivity contribution in [2.75, 3.05) is 0 Å². The van der Waals surface area contributed by atoms with Gasteiger partial charge in [0.15, 0.2) is 0 Å². The molecular formula is C8H10FN3O2. The Bertz CT molecular complexity index is 377. The molecule has 0 saturated heterocycles. The maximum atomic E-state index is 13.0. The van der Waals surface area contributed by atoms with E-state index >= 15 is 0 Å². The zero-order valence-electron chi connectivity index (χ0n) is 7.35.